The Labute approximate surface area is 138 Å². The molecule has 0 bridgehead atoms. The van der Waals surface area contributed by atoms with Crippen LogP contribution in [0.1, 0.15) is 36.7 Å². The van der Waals surface area contributed by atoms with Gasteiger partial charge in [0.1, 0.15) is 0 Å². The first-order chi connectivity index (χ1) is 10.8. The lowest BCUT2D eigenvalue weighted by molar-refractivity contribution is -0.117. The SMILES string of the molecule is CC(C)(C)c1ccc(C(=O)NC(=O)CSc2n[nH]c(N)n2)cc1. The number of amides is 2. The second-order valence-corrected chi connectivity index (χ2v) is 6.94. The summed E-state index contributed by atoms with van der Waals surface area (Å²) >= 11 is 1.09. The average Bonchev–Trinajstić information content (AvgIpc) is 2.90. The molecule has 0 unspecified atom stereocenters. The molecule has 122 valence electrons. The average molecular weight is 333 g/mol. The lowest BCUT2D eigenvalue weighted by Crippen LogP contribution is -2.31. The van der Waals surface area contributed by atoms with Crippen molar-refractivity contribution in [3.8, 4) is 0 Å². The first-order valence-electron chi connectivity index (χ1n) is 7.01. The Morgan fingerprint density at radius 3 is 2.43 bits per heavy atom. The molecule has 0 spiro atoms. The highest BCUT2D eigenvalue weighted by Crippen LogP contribution is 2.22. The summed E-state index contributed by atoms with van der Waals surface area (Å²) in [5.74, 6) is -0.625. The zero-order valence-corrected chi connectivity index (χ0v) is 14.0. The number of aromatic amines is 1. The summed E-state index contributed by atoms with van der Waals surface area (Å²) in [5.41, 5.74) is 6.97. The molecule has 7 nitrogen and oxygen atoms in total. The number of hydrogen-bond acceptors (Lipinski definition) is 6. The zero-order valence-electron chi connectivity index (χ0n) is 13.2. The van der Waals surface area contributed by atoms with Gasteiger partial charge in [-0.05, 0) is 23.1 Å². The first kappa shape index (κ1) is 17.0. The summed E-state index contributed by atoms with van der Waals surface area (Å²) in [4.78, 5) is 27.7. The smallest absolute Gasteiger partial charge is 0.257 e. The van der Waals surface area contributed by atoms with Crippen LogP contribution in [0.15, 0.2) is 29.4 Å². The van der Waals surface area contributed by atoms with Crippen LogP contribution >= 0.6 is 11.8 Å². The number of nitrogens with one attached hydrogen (secondary N) is 2. The van der Waals surface area contributed by atoms with Gasteiger partial charge in [0.15, 0.2) is 0 Å². The van der Waals surface area contributed by atoms with Crippen molar-refractivity contribution in [3.05, 3.63) is 35.4 Å². The number of hydrogen-bond donors (Lipinski definition) is 3. The molecule has 2 aromatic rings. The Morgan fingerprint density at radius 1 is 1.26 bits per heavy atom. The molecule has 0 aliphatic carbocycles. The van der Waals surface area contributed by atoms with Crippen LogP contribution < -0.4 is 11.1 Å². The third-order valence-corrected chi connectivity index (χ3v) is 3.93. The highest BCUT2D eigenvalue weighted by atomic mass is 32.2. The van der Waals surface area contributed by atoms with Crippen molar-refractivity contribution >= 4 is 29.5 Å². The molecule has 23 heavy (non-hydrogen) atoms. The fourth-order valence-corrected chi connectivity index (χ4v) is 2.41. The molecule has 0 radical (unpaired) electrons. The third kappa shape index (κ3) is 4.82. The topological polar surface area (TPSA) is 114 Å². The number of nitrogens with zero attached hydrogens (tertiary/aromatic N) is 2. The predicted molar refractivity (Wildman–Crippen MR) is 89.1 cm³/mol. The second kappa shape index (κ2) is 6.82. The minimum atomic E-state index is -0.425. The van der Waals surface area contributed by atoms with Crippen molar-refractivity contribution in [1.82, 2.24) is 20.5 Å². The van der Waals surface area contributed by atoms with Crippen molar-refractivity contribution in [3.63, 3.8) is 0 Å². The number of carbonyl (C=O) groups excluding carboxylic acids is 2. The molecule has 0 fully saturated rings. The predicted octanol–water partition coefficient (Wildman–Crippen LogP) is 1.73. The molecule has 2 amide bonds. The van der Waals surface area contributed by atoms with E-state index in [2.05, 4.69) is 41.3 Å². The highest BCUT2D eigenvalue weighted by molar-refractivity contribution is 7.99. The van der Waals surface area contributed by atoms with E-state index in [0.717, 1.165) is 17.3 Å². The Balaban J connectivity index is 1.89. The molecular weight excluding hydrogens is 314 g/mol. The van der Waals surface area contributed by atoms with Crippen LogP contribution in [0.4, 0.5) is 5.95 Å². The van der Waals surface area contributed by atoms with E-state index in [1.54, 1.807) is 12.1 Å². The number of H-pyrrole nitrogens is 1. The quantitative estimate of drug-likeness (QED) is 0.734. The molecule has 0 aliphatic heterocycles. The van der Waals surface area contributed by atoms with E-state index in [-0.39, 0.29) is 17.1 Å². The van der Waals surface area contributed by atoms with Gasteiger partial charge in [0.2, 0.25) is 17.0 Å². The number of rotatable bonds is 4. The minimum Gasteiger partial charge on any atom is -0.368 e. The minimum absolute atomic E-state index is 0.0138. The molecule has 0 saturated heterocycles. The van der Waals surface area contributed by atoms with Crippen molar-refractivity contribution < 1.29 is 9.59 Å². The van der Waals surface area contributed by atoms with Gasteiger partial charge in [-0.2, -0.15) is 4.98 Å². The van der Waals surface area contributed by atoms with Crippen molar-refractivity contribution in [2.75, 3.05) is 11.5 Å². The van der Waals surface area contributed by atoms with E-state index in [1.165, 1.54) is 0 Å². The van der Waals surface area contributed by atoms with Crippen LogP contribution in [0.2, 0.25) is 0 Å². The zero-order chi connectivity index (χ0) is 17.0. The standard InChI is InChI=1S/C15H19N5O2S/c1-15(2,3)10-6-4-9(5-7-10)12(22)17-11(21)8-23-14-18-13(16)19-20-14/h4-7H,8H2,1-3H3,(H,17,21,22)(H3,16,18,19,20). The van der Waals surface area contributed by atoms with Crippen molar-refractivity contribution in [1.29, 1.82) is 0 Å². The maximum absolute atomic E-state index is 12.0. The van der Waals surface area contributed by atoms with E-state index < -0.39 is 11.8 Å². The molecule has 2 rings (SSSR count). The number of nitrogens with two attached hydrogens (primary N) is 1. The normalized spacial score (nSPS) is 11.3. The Kier molecular flexibility index (Phi) is 5.05. The van der Waals surface area contributed by atoms with Crippen LogP contribution in [0.5, 0.6) is 0 Å². The van der Waals surface area contributed by atoms with Gasteiger partial charge in [-0.25, -0.2) is 5.10 Å². The van der Waals surface area contributed by atoms with Gasteiger partial charge in [0.05, 0.1) is 5.75 Å². The van der Waals surface area contributed by atoms with Crippen molar-refractivity contribution in [2.45, 2.75) is 31.3 Å². The van der Waals surface area contributed by atoms with E-state index in [9.17, 15) is 9.59 Å². The number of imide groups is 1. The van der Waals surface area contributed by atoms with Crippen LogP contribution in [0, 0.1) is 0 Å². The molecular formula is C15H19N5O2S. The number of aromatic nitrogens is 3. The molecule has 0 atom stereocenters. The van der Waals surface area contributed by atoms with E-state index >= 15 is 0 Å². The van der Waals surface area contributed by atoms with Gasteiger partial charge in [-0.15, -0.1) is 5.10 Å². The van der Waals surface area contributed by atoms with Gasteiger partial charge >= 0.3 is 0 Å². The van der Waals surface area contributed by atoms with Gasteiger partial charge in [-0.3, -0.25) is 14.9 Å². The summed E-state index contributed by atoms with van der Waals surface area (Å²) in [6.07, 6.45) is 0. The lowest BCUT2D eigenvalue weighted by Gasteiger charge is -2.18. The molecule has 4 N–H and O–H groups in total. The van der Waals surface area contributed by atoms with Gasteiger partial charge in [0.25, 0.3) is 5.91 Å². The second-order valence-electron chi connectivity index (χ2n) is 6.00. The van der Waals surface area contributed by atoms with Gasteiger partial charge in [-0.1, -0.05) is 44.7 Å². The van der Waals surface area contributed by atoms with E-state index in [0.29, 0.717) is 10.7 Å². The fraction of sp³-hybridized carbons (Fsp3) is 0.333. The molecule has 1 heterocycles. The summed E-state index contributed by atoms with van der Waals surface area (Å²) in [6, 6.07) is 7.22. The maximum atomic E-state index is 12.0. The lowest BCUT2D eigenvalue weighted by atomic mass is 9.87. The molecule has 1 aromatic heterocycles. The largest absolute Gasteiger partial charge is 0.368 e. The monoisotopic (exact) mass is 333 g/mol. The van der Waals surface area contributed by atoms with Crippen LogP contribution in [-0.4, -0.2) is 32.7 Å². The number of benzene rings is 1. The Morgan fingerprint density at radius 2 is 1.91 bits per heavy atom. The van der Waals surface area contributed by atoms with Crippen LogP contribution in [0.25, 0.3) is 0 Å². The van der Waals surface area contributed by atoms with E-state index in [4.69, 9.17) is 5.73 Å². The summed E-state index contributed by atoms with van der Waals surface area (Å²) in [5, 5.41) is 8.96. The molecule has 0 aliphatic rings. The first-order valence-corrected chi connectivity index (χ1v) is 7.99. The van der Waals surface area contributed by atoms with E-state index in [1.807, 2.05) is 12.1 Å². The fourth-order valence-electron chi connectivity index (χ4n) is 1.81. The Hall–Kier alpha value is -2.35. The van der Waals surface area contributed by atoms with Crippen molar-refractivity contribution in [2.24, 2.45) is 0 Å². The Bertz CT molecular complexity index is 703. The van der Waals surface area contributed by atoms with Gasteiger partial charge in [0, 0.05) is 5.56 Å². The maximum Gasteiger partial charge on any atom is 0.257 e. The van der Waals surface area contributed by atoms with Crippen LogP contribution in [-0.2, 0) is 10.2 Å². The summed E-state index contributed by atoms with van der Waals surface area (Å²) < 4.78 is 0. The number of carbonyl (C=O) groups is 2. The number of nitrogen functional groups attached to an aromatic ring is 1. The van der Waals surface area contributed by atoms with Gasteiger partial charge < -0.3 is 5.73 Å². The third-order valence-electron chi connectivity index (χ3n) is 3.08. The summed E-state index contributed by atoms with van der Waals surface area (Å²) in [7, 11) is 0. The summed E-state index contributed by atoms with van der Waals surface area (Å²) in [6.45, 7) is 6.29. The van der Waals surface area contributed by atoms with Crippen LogP contribution in [0.3, 0.4) is 0 Å². The highest BCUT2D eigenvalue weighted by Gasteiger charge is 2.15. The number of anilines is 1. The number of thioether (sulfide) groups is 1. The molecule has 0 saturated carbocycles. The molecule has 8 heteroatoms. The molecule has 1 aromatic carbocycles.